The van der Waals surface area contributed by atoms with E-state index in [2.05, 4.69) is 10.3 Å². The highest BCUT2D eigenvalue weighted by molar-refractivity contribution is 7.92. The van der Waals surface area contributed by atoms with Gasteiger partial charge in [-0.05, 0) is 72.1 Å². The molecule has 182 valence electrons. The fourth-order valence-electron chi connectivity index (χ4n) is 3.97. The van der Waals surface area contributed by atoms with E-state index in [-0.39, 0.29) is 22.9 Å². The van der Waals surface area contributed by atoms with Crippen molar-refractivity contribution >= 4 is 38.9 Å². The largest absolute Gasteiger partial charge is 0.476 e. The van der Waals surface area contributed by atoms with Crippen LogP contribution < -0.4 is 14.4 Å². The van der Waals surface area contributed by atoms with Gasteiger partial charge >= 0.3 is 0 Å². The molecule has 0 aliphatic carbocycles. The van der Waals surface area contributed by atoms with Gasteiger partial charge < -0.3 is 10.1 Å². The predicted octanol–water partition coefficient (Wildman–Crippen LogP) is 4.92. The molecular weight excluding hydrogens is 498 g/mol. The molecule has 1 atom stereocenters. The van der Waals surface area contributed by atoms with Crippen LogP contribution in [0.4, 0.5) is 11.4 Å². The number of fused-ring (bicyclic) bond motifs is 1. The predicted molar refractivity (Wildman–Crippen MR) is 139 cm³/mol. The lowest BCUT2D eigenvalue weighted by Crippen LogP contribution is -2.48. The molecule has 5 rings (SSSR count). The van der Waals surface area contributed by atoms with Crippen molar-refractivity contribution in [3.05, 3.63) is 113 Å². The third-order valence-electron chi connectivity index (χ3n) is 5.79. The highest BCUT2D eigenvalue weighted by Gasteiger charge is 2.37. The van der Waals surface area contributed by atoms with Gasteiger partial charge in [0.1, 0.15) is 5.75 Å². The van der Waals surface area contributed by atoms with Gasteiger partial charge in [0.2, 0.25) is 0 Å². The molecule has 0 fully saturated rings. The summed E-state index contributed by atoms with van der Waals surface area (Å²) < 4.78 is 34.0. The minimum atomic E-state index is -3.96. The molecule has 9 heteroatoms. The number of hydrogen-bond acceptors (Lipinski definition) is 5. The van der Waals surface area contributed by atoms with Crippen molar-refractivity contribution in [3.63, 3.8) is 0 Å². The Labute approximate surface area is 214 Å². The van der Waals surface area contributed by atoms with Gasteiger partial charge in [-0.25, -0.2) is 8.42 Å². The number of hydrogen-bond donors (Lipinski definition) is 1. The number of carbonyl (C=O) groups is 1. The molecule has 1 aromatic heterocycles. The number of ether oxygens (including phenoxy) is 1. The van der Waals surface area contributed by atoms with Crippen LogP contribution in [0.2, 0.25) is 5.02 Å². The maximum Gasteiger partial charge on any atom is 0.267 e. The minimum Gasteiger partial charge on any atom is -0.476 e. The molecule has 1 amide bonds. The van der Waals surface area contributed by atoms with Crippen molar-refractivity contribution in [2.24, 2.45) is 0 Å². The molecule has 7 nitrogen and oxygen atoms in total. The molecule has 1 unspecified atom stereocenters. The summed E-state index contributed by atoms with van der Waals surface area (Å²) in [6, 6.07) is 24.1. The molecule has 4 aromatic rings. The molecule has 0 spiro atoms. The van der Waals surface area contributed by atoms with Crippen molar-refractivity contribution in [2.45, 2.75) is 17.4 Å². The van der Waals surface area contributed by atoms with Crippen LogP contribution in [0, 0.1) is 0 Å². The third kappa shape index (κ3) is 5.05. The zero-order chi connectivity index (χ0) is 25.1. The van der Waals surface area contributed by atoms with E-state index >= 15 is 0 Å². The molecule has 0 saturated carbocycles. The van der Waals surface area contributed by atoms with Gasteiger partial charge in [0.15, 0.2) is 6.10 Å². The number of sulfonamides is 1. The highest BCUT2D eigenvalue weighted by Crippen LogP contribution is 2.39. The number of amides is 1. The molecule has 1 aliphatic rings. The summed E-state index contributed by atoms with van der Waals surface area (Å²) in [5, 5.41) is 3.20. The van der Waals surface area contributed by atoms with E-state index in [1.807, 2.05) is 36.4 Å². The summed E-state index contributed by atoms with van der Waals surface area (Å²) >= 11 is 6.15. The summed E-state index contributed by atoms with van der Waals surface area (Å²) in [5.41, 5.74) is 3.09. The Morgan fingerprint density at radius 1 is 0.972 bits per heavy atom. The summed E-state index contributed by atoms with van der Waals surface area (Å²) in [4.78, 5) is 17.3. The summed E-state index contributed by atoms with van der Waals surface area (Å²) in [7, 11) is -3.96. The zero-order valence-electron chi connectivity index (χ0n) is 19.0. The first-order chi connectivity index (χ1) is 17.4. The molecule has 1 aliphatic heterocycles. The number of aromatic nitrogens is 1. The van der Waals surface area contributed by atoms with Gasteiger partial charge in [-0.3, -0.25) is 14.1 Å². The molecule has 36 heavy (non-hydrogen) atoms. The Bertz CT molecular complexity index is 1480. The summed E-state index contributed by atoms with van der Waals surface area (Å²) in [6.07, 6.45) is 3.19. The Morgan fingerprint density at radius 3 is 2.39 bits per heavy atom. The lowest BCUT2D eigenvalue weighted by Gasteiger charge is -2.34. The van der Waals surface area contributed by atoms with Crippen LogP contribution >= 0.6 is 11.6 Å². The third-order valence-corrected chi connectivity index (χ3v) is 7.82. The van der Waals surface area contributed by atoms with Gasteiger partial charge in [0.05, 0.1) is 17.1 Å². The second-order valence-corrected chi connectivity index (χ2v) is 10.6. The van der Waals surface area contributed by atoms with Crippen molar-refractivity contribution in [1.82, 2.24) is 4.98 Å². The van der Waals surface area contributed by atoms with E-state index in [0.717, 1.165) is 17.5 Å². The molecule has 2 heterocycles. The van der Waals surface area contributed by atoms with Crippen LogP contribution in [0.5, 0.6) is 5.75 Å². The average Bonchev–Trinajstić information content (AvgIpc) is 2.90. The maximum atomic E-state index is 13.5. The number of rotatable bonds is 6. The maximum absolute atomic E-state index is 13.5. The number of pyridine rings is 1. The van der Waals surface area contributed by atoms with Crippen molar-refractivity contribution < 1.29 is 17.9 Å². The SMILES string of the molecule is O=C(Nc1ccc(Cc2ccncc2)cc1)C1CN(S(=O)(=O)c2ccccc2)c2cc(Cl)ccc2O1. The quantitative estimate of drug-likeness (QED) is 0.390. The van der Waals surface area contributed by atoms with E-state index in [4.69, 9.17) is 16.3 Å². The van der Waals surface area contributed by atoms with Crippen LogP contribution in [0.25, 0.3) is 0 Å². The Kier molecular flexibility index (Phi) is 6.63. The van der Waals surface area contributed by atoms with E-state index in [1.54, 1.807) is 42.7 Å². The van der Waals surface area contributed by atoms with Crippen LogP contribution in [-0.4, -0.2) is 32.0 Å². The fourth-order valence-corrected chi connectivity index (χ4v) is 5.63. The highest BCUT2D eigenvalue weighted by atomic mass is 35.5. The van der Waals surface area contributed by atoms with Gasteiger partial charge in [-0.1, -0.05) is 41.9 Å². The molecule has 3 aromatic carbocycles. The Balaban J connectivity index is 1.36. The molecule has 0 bridgehead atoms. The fraction of sp³-hybridized carbons (Fsp3) is 0.111. The van der Waals surface area contributed by atoms with Crippen LogP contribution in [-0.2, 0) is 21.2 Å². The van der Waals surface area contributed by atoms with Crippen molar-refractivity contribution in [1.29, 1.82) is 0 Å². The second kappa shape index (κ2) is 10.0. The second-order valence-electron chi connectivity index (χ2n) is 8.29. The average molecular weight is 520 g/mol. The lowest BCUT2D eigenvalue weighted by molar-refractivity contribution is -0.122. The number of benzene rings is 3. The van der Waals surface area contributed by atoms with Crippen molar-refractivity contribution in [3.8, 4) is 5.75 Å². The smallest absolute Gasteiger partial charge is 0.267 e. The number of nitrogens with zero attached hydrogens (tertiary/aromatic N) is 2. The summed E-state index contributed by atoms with van der Waals surface area (Å²) in [6.45, 7) is -0.198. The molecule has 0 radical (unpaired) electrons. The first-order valence-corrected chi connectivity index (χ1v) is 13.0. The zero-order valence-corrected chi connectivity index (χ0v) is 20.6. The van der Waals surface area contributed by atoms with E-state index in [1.165, 1.54) is 22.5 Å². The molecule has 0 saturated heterocycles. The van der Waals surface area contributed by atoms with Gasteiger partial charge in [-0.15, -0.1) is 0 Å². The first-order valence-electron chi connectivity index (χ1n) is 11.2. The van der Waals surface area contributed by atoms with Crippen LogP contribution in [0.15, 0.2) is 102 Å². The van der Waals surface area contributed by atoms with E-state index in [9.17, 15) is 13.2 Å². The standard InChI is InChI=1S/C27H22ClN3O4S/c28-21-8-11-25-24(17-21)31(36(33,34)23-4-2-1-3-5-23)18-26(35-25)27(32)30-22-9-6-19(7-10-22)16-20-12-14-29-15-13-20/h1-15,17,26H,16,18H2,(H,30,32). The summed E-state index contributed by atoms with van der Waals surface area (Å²) in [5.74, 6) is -0.191. The molecule has 1 N–H and O–H groups in total. The van der Waals surface area contributed by atoms with E-state index < -0.39 is 22.0 Å². The lowest BCUT2D eigenvalue weighted by atomic mass is 10.1. The first kappa shape index (κ1) is 23.8. The van der Waals surface area contributed by atoms with Gasteiger partial charge in [-0.2, -0.15) is 0 Å². The minimum absolute atomic E-state index is 0.113. The van der Waals surface area contributed by atoms with Crippen LogP contribution in [0.1, 0.15) is 11.1 Å². The monoisotopic (exact) mass is 519 g/mol. The number of anilines is 2. The van der Waals surface area contributed by atoms with E-state index in [0.29, 0.717) is 10.7 Å². The number of nitrogens with one attached hydrogen (secondary N) is 1. The molecular formula is C27H22ClN3O4S. The van der Waals surface area contributed by atoms with Gasteiger partial charge in [0.25, 0.3) is 15.9 Å². The normalized spacial score (nSPS) is 15.0. The van der Waals surface area contributed by atoms with Gasteiger partial charge in [0, 0.05) is 23.1 Å². The Morgan fingerprint density at radius 2 is 1.67 bits per heavy atom. The number of carbonyl (C=O) groups excluding carboxylic acids is 1. The topological polar surface area (TPSA) is 88.6 Å². The Hall–Kier alpha value is -3.88. The van der Waals surface area contributed by atoms with Crippen LogP contribution in [0.3, 0.4) is 0 Å². The number of halogens is 1. The van der Waals surface area contributed by atoms with Crippen molar-refractivity contribution in [2.75, 3.05) is 16.2 Å².